The summed E-state index contributed by atoms with van der Waals surface area (Å²) in [7, 11) is 1.39. The summed E-state index contributed by atoms with van der Waals surface area (Å²) in [6.45, 7) is 7.07. The largest absolute Gasteiger partial charge is 0.472 e. The first-order valence-electron chi connectivity index (χ1n) is 9.67. The molecule has 11 heteroatoms. The van der Waals surface area contributed by atoms with E-state index in [9.17, 15) is 22.8 Å². The molecule has 0 spiro atoms. The maximum Gasteiger partial charge on any atom is 0.418 e. The van der Waals surface area contributed by atoms with Crippen LogP contribution in [0.3, 0.4) is 0 Å². The van der Waals surface area contributed by atoms with E-state index in [-0.39, 0.29) is 33.8 Å². The van der Waals surface area contributed by atoms with Crippen molar-refractivity contribution in [2.75, 3.05) is 20.1 Å². The summed E-state index contributed by atoms with van der Waals surface area (Å²) < 4.78 is 52.6. The third-order valence-corrected chi connectivity index (χ3v) is 5.72. The topological polar surface area (TPSA) is 80.8 Å². The molecule has 1 aliphatic heterocycles. The second kappa shape index (κ2) is 8.18. The van der Waals surface area contributed by atoms with Gasteiger partial charge in [0.15, 0.2) is 0 Å². The van der Waals surface area contributed by atoms with Crippen LogP contribution < -0.4 is 10.1 Å². The first-order chi connectivity index (χ1) is 14.3. The lowest BCUT2D eigenvalue weighted by atomic mass is 10.1. The molecular weight excluding hydrogens is 435 g/mol. The zero-order chi connectivity index (χ0) is 23.1. The minimum Gasteiger partial charge on any atom is -0.472 e. The standard InChI is InChI=1S/C20H24F3N3O4S/c1-10-13(20(21,22)23)15-14(12(9-31-15)16(27)24-5)25-17(10)29-11-6-7-26(8-11)18(28)30-19(2,3)4/h9,11H,6-8H2,1-5H3,(H,24,27)/t11-/m0/s1. The van der Waals surface area contributed by atoms with E-state index in [4.69, 9.17) is 9.47 Å². The molecule has 1 aliphatic rings. The Morgan fingerprint density at radius 1 is 1.29 bits per heavy atom. The number of thiophene rings is 1. The number of ether oxygens (including phenoxy) is 2. The Morgan fingerprint density at radius 2 is 1.97 bits per heavy atom. The van der Waals surface area contributed by atoms with Crippen molar-refractivity contribution in [1.29, 1.82) is 0 Å². The first kappa shape index (κ1) is 23.1. The maximum absolute atomic E-state index is 13.8. The minimum atomic E-state index is -4.65. The number of alkyl halides is 3. The molecule has 7 nitrogen and oxygen atoms in total. The van der Waals surface area contributed by atoms with Gasteiger partial charge in [-0.25, -0.2) is 9.78 Å². The third-order valence-electron chi connectivity index (χ3n) is 4.73. The van der Waals surface area contributed by atoms with E-state index in [1.54, 1.807) is 20.8 Å². The van der Waals surface area contributed by atoms with Crippen molar-refractivity contribution in [1.82, 2.24) is 15.2 Å². The van der Waals surface area contributed by atoms with Gasteiger partial charge >= 0.3 is 12.3 Å². The van der Waals surface area contributed by atoms with Crippen LogP contribution in [-0.2, 0) is 10.9 Å². The van der Waals surface area contributed by atoms with Gasteiger partial charge in [-0.2, -0.15) is 13.2 Å². The molecule has 0 radical (unpaired) electrons. The van der Waals surface area contributed by atoms with E-state index in [0.717, 1.165) is 11.3 Å². The molecule has 1 atom stereocenters. The lowest BCUT2D eigenvalue weighted by Gasteiger charge is -2.24. The fourth-order valence-corrected chi connectivity index (χ4v) is 4.44. The number of pyridine rings is 1. The number of rotatable bonds is 3. The molecule has 1 N–H and O–H groups in total. The number of carbonyl (C=O) groups is 2. The van der Waals surface area contributed by atoms with Gasteiger partial charge in [0.2, 0.25) is 5.88 Å². The van der Waals surface area contributed by atoms with Crippen molar-refractivity contribution in [2.45, 2.75) is 52.0 Å². The number of hydrogen-bond acceptors (Lipinski definition) is 6. The van der Waals surface area contributed by atoms with Crippen LogP contribution in [0.4, 0.5) is 18.0 Å². The monoisotopic (exact) mass is 459 g/mol. The lowest BCUT2D eigenvalue weighted by molar-refractivity contribution is -0.136. The van der Waals surface area contributed by atoms with Crippen LogP contribution in [-0.4, -0.2) is 53.7 Å². The molecule has 1 saturated heterocycles. The van der Waals surface area contributed by atoms with Gasteiger partial charge in [0.05, 0.1) is 27.9 Å². The summed E-state index contributed by atoms with van der Waals surface area (Å²) in [5.74, 6) is -0.724. The van der Waals surface area contributed by atoms with Crippen molar-refractivity contribution in [3.63, 3.8) is 0 Å². The molecule has 0 aliphatic carbocycles. The van der Waals surface area contributed by atoms with Gasteiger partial charge in [-0.15, -0.1) is 11.3 Å². The highest BCUT2D eigenvalue weighted by atomic mass is 32.1. The van der Waals surface area contributed by atoms with Gasteiger partial charge in [0.1, 0.15) is 11.7 Å². The van der Waals surface area contributed by atoms with Gasteiger partial charge in [-0.05, 0) is 27.7 Å². The van der Waals surface area contributed by atoms with Crippen LogP contribution in [0.5, 0.6) is 5.88 Å². The first-order valence-corrected chi connectivity index (χ1v) is 10.6. The van der Waals surface area contributed by atoms with Gasteiger partial charge < -0.3 is 19.7 Å². The Bertz CT molecular complexity index is 1010. The van der Waals surface area contributed by atoms with Crippen LogP contribution in [0.1, 0.15) is 48.7 Å². The van der Waals surface area contributed by atoms with E-state index < -0.39 is 35.4 Å². The van der Waals surface area contributed by atoms with E-state index in [1.165, 1.54) is 24.3 Å². The molecule has 1 fully saturated rings. The van der Waals surface area contributed by atoms with Crippen molar-refractivity contribution in [2.24, 2.45) is 0 Å². The number of aromatic nitrogens is 1. The second-order valence-corrected chi connectivity index (χ2v) is 9.16. The predicted molar refractivity (Wildman–Crippen MR) is 110 cm³/mol. The highest BCUT2D eigenvalue weighted by molar-refractivity contribution is 7.17. The normalized spacial score (nSPS) is 17.2. The van der Waals surface area contributed by atoms with Crippen LogP contribution in [0.2, 0.25) is 0 Å². The zero-order valence-corrected chi connectivity index (χ0v) is 18.7. The molecule has 2 amide bonds. The molecule has 2 aromatic heterocycles. The third kappa shape index (κ3) is 4.86. The number of halogens is 3. The molecular formula is C20H24F3N3O4S. The average molecular weight is 459 g/mol. The summed E-state index contributed by atoms with van der Waals surface area (Å²) in [6.07, 6.45) is -5.27. The SMILES string of the molecule is CNC(=O)c1csc2c(C(F)(F)F)c(C)c(O[C@H]3CCN(C(=O)OC(C)(C)C)C3)nc12. The number of nitrogens with one attached hydrogen (secondary N) is 1. The minimum absolute atomic E-state index is 0.0552. The van der Waals surface area contributed by atoms with Crippen molar-refractivity contribution in [3.8, 4) is 5.88 Å². The highest BCUT2D eigenvalue weighted by Gasteiger charge is 2.39. The van der Waals surface area contributed by atoms with Crippen molar-refractivity contribution >= 4 is 33.6 Å². The van der Waals surface area contributed by atoms with Gasteiger partial charge in [-0.3, -0.25) is 4.79 Å². The fraction of sp³-hybridized carbons (Fsp3) is 0.550. The van der Waals surface area contributed by atoms with E-state index in [2.05, 4.69) is 10.3 Å². The molecule has 3 heterocycles. The molecule has 170 valence electrons. The molecule has 0 aromatic carbocycles. The number of carbonyl (C=O) groups excluding carboxylic acids is 2. The second-order valence-electron chi connectivity index (χ2n) is 8.28. The lowest BCUT2D eigenvalue weighted by Crippen LogP contribution is -2.36. The number of hydrogen-bond donors (Lipinski definition) is 1. The van der Waals surface area contributed by atoms with E-state index >= 15 is 0 Å². The molecule has 31 heavy (non-hydrogen) atoms. The number of likely N-dealkylation sites (tertiary alicyclic amines) is 1. The van der Waals surface area contributed by atoms with Crippen LogP contribution in [0.25, 0.3) is 10.2 Å². The van der Waals surface area contributed by atoms with E-state index in [0.29, 0.717) is 13.0 Å². The summed E-state index contributed by atoms with van der Waals surface area (Å²) in [4.78, 5) is 30.1. The van der Waals surface area contributed by atoms with Crippen molar-refractivity contribution in [3.05, 3.63) is 22.1 Å². The molecule has 3 rings (SSSR count). The number of amides is 2. The Balaban J connectivity index is 1.93. The Hall–Kier alpha value is -2.56. The quantitative estimate of drug-likeness (QED) is 0.737. The Morgan fingerprint density at radius 3 is 2.55 bits per heavy atom. The Labute approximate surface area is 181 Å². The summed E-state index contributed by atoms with van der Waals surface area (Å²) in [6, 6.07) is 0. The van der Waals surface area contributed by atoms with Crippen LogP contribution in [0, 0.1) is 6.92 Å². The van der Waals surface area contributed by atoms with Crippen LogP contribution >= 0.6 is 11.3 Å². The predicted octanol–water partition coefficient (Wildman–Crippen LogP) is 4.37. The molecule has 0 unspecified atom stereocenters. The molecule has 2 aromatic rings. The summed E-state index contributed by atoms with van der Waals surface area (Å²) in [5.41, 5.74) is -1.68. The van der Waals surface area contributed by atoms with Crippen molar-refractivity contribution < 1.29 is 32.2 Å². The average Bonchev–Trinajstić information content (AvgIpc) is 3.26. The Kier molecular flexibility index (Phi) is 6.09. The smallest absolute Gasteiger partial charge is 0.418 e. The van der Waals surface area contributed by atoms with Crippen LogP contribution in [0.15, 0.2) is 5.38 Å². The molecule has 0 saturated carbocycles. The molecule has 0 bridgehead atoms. The summed E-state index contributed by atoms with van der Waals surface area (Å²) in [5, 5.41) is 3.77. The zero-order valence-electron chi connectivity index (χ0n) is 17.8. The fourth-order valence-electron chi connectivity index (χ4n) is 3.33. The van der Waals surface area contributed by atoms with Gasteiger partial charge in [0.25, 0.3) is 5.91 Å². The van der Waals surface area contributed by atoms with E-state index in [1.807, 2.05) is 0 Å². The van der Waals surface area contributed by atoms with Gasteiger partial charge in [-0.1, -0.05) is 0 Å². The summed E-state index contributed by atoms with van der Waals surface area (Å²) >= 11 is 0.818. The maximum atomic E-state index is 13.8. The van der Waals surface area contributed by atoms with Gasteiger partial charge in [0, 0.05) is 31.0 Å². The number of nitrogens with zero attached hydrogens (tertiary/aromatic N) is 2. The number of fused-ring (bicyclic) bond motifs is 1. The highest BCUT2D eigenvalue weighted by Crippen LogP contribution is 2.43.